The number of carbonyl (C=O) groups is 2. The normalized spacial score (nSPS) is 18.3. The zero-order valence-electron chi connectivity index (χ0n) is 54.6. The summed E-state index contributed by atoms with van der Waals surface area (Å²) in [5.41, 5.74) is 0. The van der Waals surface area contributed by atoms with Gasteiger partial charge in [-0.3, -0.25) is 9.59 Å². The molecule has 0 bridgehead atoms. The number of aliphatic hydroxyl groups is 5. The van der Waals surface area contributed by atoms with Gasteiger partial charge in [-0.25, -0.2) is 0 Å². The standard InChI is InChI=1S/C73H135NO10/c1-3-5-7-9-11-13-40-45-49-53-57-61-69(78)82-62-58-54-50-46-42-39-37-35-33-31-29-27-25-23-21-19-17-15-16-18-20-22-24-26-28-30-32-34-36-38-41-44-48-52-56-60-68(77)74-65(64-83-73-72(81)71(80)70(79)67(63-75)84-73)66(76)59-55-51-47-43-14-12-10-8-6-4-2/h6,8,14,17,19,43,55,59,65-67,70-73,75-76,79-81H,3-5,7,9-13,15-16,18,20-42,44-54,56-58,60-64H2,1-2H3,(H,74,77)/b8-6+,19-17-,43-14+,59-55+. The van der Waals surface area contributed by atoms with Crippen LogP contribution in [-0.2, 0) is 23.8 Å². The highest BCUT2D eigenvalue weighted by molar-refractivity contribution is 5.76. The van der Waals surface area contributed by atoms with Crippen LogP contribution in [0.2, 0.25) is 0 Å². The Balaban J connectivity index is 1.91. The number of hydrogen-bond donors (Lipinski definition) is 6. The van der Waals surface area contributed by atoms with Crippen LogP contribution in [-0.4, -0.2) is 100 Å². The molecule has 1 saturated heterocycles. The summed E-state index contributed by atoms with van der Waals surface area (Å²) in [5, 5.41) is 54.3. The third-order valence-corrected chi connectivity index (χ3v) is 16.9. The Morgan fingerprint density at radius 3 is 1.24 bits per heavy atom. The van der Waals surface area contributed by atoms with Crippen molar-refractivity contribution < 1.29 is 49.3 Å². The van der Waals surface area contributed by atoms with Gasteiger partial charge < -0.3 is 45.1 Å². The van der Waals surface area contributed by atoms with Gasteiger partial charge in [-0.15, -0.1) is 0 Å². The summed E-state index contributed by atoms with van der Waals surface area (Å²) in [5.74, 6) is -0.181. The quantitative estimate of drug-likeness (QED) is 0.0195. The Kier molecular flexibility index (Phi) is 59.0. The molecule has 7 atom stereocenters. The van der Waals surface area contributed by atoms with Gasteiger partial charge in [-0.1, -0.05) is 300 Å². The molecule has 1 fully saturated rings. The summed E-state index contributed by atoms with van der Waals surface area (Å²) in [4.78, 5) is 25.0. The molecule has 11 nitrogen and oxygen atoms in total. The average molecular weight is 1190 g/mol. The van der Waals surface area contributed by atoms with E-state index in [1.165, 1.54) is 250 Å². The lowest BCUT2D eigenvalue weighted by Gasteiger charge is -2.40. The van der Waals surface area contributed by atoms with E-state index in [1.54, 1.807) is 6.08 Å². The molecule has 1 aliphatic rings. The number of aliphatic hydroxyl groups excluding tert-OH is 5. The Hall–Kier alpha value is -2.38. The third kappa shape index (κ3) is 50.6. The van der Waals surface area contributed by atoms with Crippen molar-refractivity contribution >= 4 is 11.9 Å². The number of allylic oxidation sites excluding steroid dienone is 7. The van der Waals surface area contributed by atoms with E-state index in [1.807, 2.05) is 6.08 Å². The first kappa shape index (κ1) is 79.6. The lowest BCUT2D eigenvalue weighted by molar-refractivity contribution is -0.302. The maximum atomic E-state index is 13.0. The Bertz CT molecular complexity index is 1530. The van der Waals surface area contributed by atoms with Crippen molar-refractivity contribution in [2.24, 2.45) is 0 Å². The summed E-state index contributed by atoms with van der Waals surface area (Å²) in [6, 6.07) is -0.831. The predicted octanol–water partition coefficient (Wildman–Crippen LogP) is 18.4. The van der Waals surface area contributed by atoms with Crippen LogP contribution in [0.1, 0.15) is 341 Å². The molecular formula is C73H135NO10. The number of nitrogens with one attached hydrogen (secondary N) is 1. The molecule has 0 aromatic rings. The monoisotopic (exact) mass is 1190 g/mol. The van der Waals surface area contributed by atoms with Gasteiger partial charge in [0.25, 0.3) is 0 Å². The first-order chi connectivity index (χ1) is 41.2. The van der Waals surface area contributed by atoms with Crippen LogP contribution in [0.5, 0.6) is 0 Å². The van der Waals surface area contributed by atoms with Gasteiger partial charge in [0.1, 0.15) is 24.4 Å². The first-order valence-corrected chi connectivity index (χ1v) is 35.9. The lowest BCUT2D eigenvalue weighted by Crippen LogP contribution is -2.60. The molecule has 1 heterocycles. The van der Waals surface area contributed by atoms with E-state index in [-0.39, 0.29) is 18.5 Å². The highest BCUT2D eigenvalue weighted by Crippen LogP contribution is 2.23. The van der Waals surface area contributed by atoms with Gasteiger partial charge in [-0.05, 0) is 77.0 Å². The Morgan fingerprint density at radius 2 is 0.810 bits per heavy atom. The second-order valence-electron chi connectivity index (χ2n) is 24.9. The first-order valence-electron chi connectivity index (χ1n) is 35.9. The number of esters is 1. The SMILES string of the molecule is CC/C=C/CC/C=C/CC/C=C/C(O)C(COC1OC(CO)C(O)C(O)C1O)NC(=O)CCCCCCCCCCCCCCCCCCC/C=C\CCCCCCCCCCCCCCCCOC(=O)CCCCCCCCCCCCC. The minimum Gasteiger partial charge on any atom is -0.466 e. The van der Waals surface area contributed by atoms with Gasteiger partial charge in [0.15, 0.2) is 6.29 Å². The van der Waals surface area contributed by atoms with E-state index in [2.05, 4.69) is 55.6 Å². The lowest BCUT2D eigenvalue weighted by atomic mass is 9.99. The maximum absolute atomic E-state index is 13.0. The molecule has 0 aliphatic carbocycles. The van der Waals surface area contributed by atoms with Gasteiger partial charge in [0.05, 0.1) is 32.0 Å². The summed E-state index contributed by atoms with van der Waals surface area (Å²) < 4.78 is 16.7. The second-order valence-corrected chi connectivity index (χ2v) is 24.9. The molecule has 7 unspecified atom stereocenters. The smallest absolute Gasteiger partial charge is 0.305 e. The molecule has 0 aromatic carbocycles. The van der Waals surface area contributed by atoms with E-state index < -0.39 is 49.5 Å². The molecule has 0 saturated carbocycles. The number of ether oxygens (including phenoxy) is 3. The number of rotatable bonds is 63. The summed E-state index contributed by atoms with van der Waals surface area (Å²) >= 11 is 0. The predicted molar refractivity (Wildman–Crippen MR) is 352 cm³/mol. The van der Waals surface area contributed by atoms with Gasteiger partial charge in [0.2, 0.25) is 5.91 Å². The number of carbonyl (C=O) groups excluding carboxylic acids is 2. The van der Waals surface area contributed by atoms with Gasteiger partial charge in [0, 0.05) is 12.8 Å². The highest BCUT2D eigenvalue weighted by atomic mass is 16.7. The van der Waals surface area contributed by atoms with Crippen molar-refractivity contribution in [1.82, 2.24) is 5.32 Å². The fourth-order valence-corrected chi connectivity index (χ4v) is 11.3. The largest absolute Gasteiger partial charge is 0.466 e. The van der Waals surface area contributed by atoms with E-state index in [9.17, 15) is 35.1 Å². The van der Waals surface area contributed by atoms with Crippen molar-refractivity contribution in [1.29, 1.82) is 0 Å². The van der Waals surface area contributed by atoms with Gasteiger partial charge in [-0.2, -0.15) is 0 Å². The van der Waals surface area contributed by atoms with Crippen molar-refractivity contribution in [3.8, 4) is 0 Å². The second kappa shape index (κ2) is 62.2. The van der Waals surface area contributed by atoms with Gasteiger partial charge >= 0.3 is 5.97 Å². The molecule has 1 rings (SSSR count). The summed E-state index contributed by atoms with van der Waals surface area (Å²) in [6.45, 7) is 4.23. The number of hydrogen-bond acceptors (Lipinski definition) is 10. The number of unbranched alkanes of at least 4 members (excludes halogenated alkanes) is 43. The summed E-state index contributed by atoms with van der Waals surface area (Å²) in [6.07, 6.45) is 71.4. The highest BCUT2D eigenvalue weighted by Gasteiger charge is 2.44. The van der Waals surface area contributed by atoms with Crippen LogP contribution in [0.25, 0.3) is 0 Å². The Morgan fingerprint density at radius 1 is 0.440 bits per heavy atom. The maximum Gasteiger partial charge on any atom is 0.305 e. The van der Waals surface area contributed by atoms with E-state index in [0.29, 0.717) is 19.4 Å². The van der Waals surface area contributed by atoms with Crippen molar-refractivity contribution in [2.45, 2.75) is 384 Å². The van der Waals surface area contributed by atoms with E-state index in [0.717, 1.165) is 64.2 Å². The van der Waals surface area contributed by atoms with E-state index in [4.69, 9.17) is 14.2 Å². The molecule has 0 radical (unpaired) electrons. The zero-order valence-corrected chi connectivity index (χ0v) is 54.6. The van der Waals surface area contributed by atoms with Crippen LogP contribution < -0.4 is 5.32 Å². The number of amides is 1. The summed E-state index contributed by atoms with van der Waals surface area (Å²) in [7, 11) is 0. The molecule has 6 N–H and O–H groups in total. The van der Waals surface area contributed by atoms with Crippen molar-refractivity contribution in [2.75, 3.05) is 19.8 Å². The van der Waals surface area contributed by atoms with Crippen LogP contribution in [0.15, 0.2) is 48.6 Å². The molecule has 1 aliphatic heterocycles. The zero-order chi connectivity index (χ0) is 60.9. The molecule has 84 heavy (non-hydrogen) atoms. The van der Waals surface area contributed by atoms with Crippen LogP contribution in [0.4, 0.5) is 0 Å². The van der Waals surface area contributed by atoms with Crippen LogP contribution in [0.3, 0.4) is 0 Å². The molecule has 0 spiro atoms. The average Bonchev–Trinajstić information content (AvgIpc) is 3.69. The fraction of sp³-hybridized carbons (Fsp3) is 0.863. The minimum absolute atomic E-state index is 0.0129. The molecular weight excluding hydrogens is 1050 g/mol. The van der Waals surface area contributed by atoms with Crippen LogP contribution in [0, 0.1) is 0 Å². The van der Waals surface area contributed by atoms with Crippen LogP contribution >= 0.6 is 0 Å². The Labute approximate surface area is 516 Å². The third-order valence-electron chi connectivity index (χ3n) is 16.9. The van der Waals surface area contributed by atoms with E-state index >= 15 is 0 Å². The molecule has 492 valence electrons. The topological polar surface area (TPSA) is 175 Å². The molecule has 11 heteroatoms. The molecule has 1 amide bonds. The van der Waals surface area contributed by atoms with Crippen molar-refractivity contribution in [3.63, 3.8) is 0 Å². The minimum atomic E-state index is -1.58. The fourth-order valence-electron chi connectivity index (χ4n) is 11.3. The molecule has 0 aromatic heterocycles. The van der Waals surface area contributed by atoms with Crippen molar-refractivity contribution in [3.05, 3.63) is 48.6 Å².